The van der Waals surface area contributed by atoms with Gasteiger partial charge in [0.25, 0.3) is 17.7 Å². The summed E-state index contributed by atoms with van der Waals surface area (Å²) in [5, 5.41) is 0. The van der Waals surface area contributed by atoms with Crippen LogP contribution in [0.3, 0.4) is 0 Å². The number of hydrogen-bond donors (Lipinski definition) is 0. The van der Waals surface area contributed by atoms with Crippen molar-refractivity contribution in [3.63, 3.8) is 0 Å². The van der Waals surface area contributed by atoms with Crippen molar-refractivity contribution in [1.29, 1.82) is 0 Å². The van der Waals surface area contributed by atoms with Crippen LogP contribution in [-0.4, -0.2) is 52.6 Å². The first-order valence-electron chi connectivity index (χ1n) is 12.0. The van der Waals surface area contributed by atoms with Gasteiger partial charge in [-0.15, -0.1) is 0 Å². The number of benzene rings is 2. The van der Waals surface area contributed by atoms with Crippen molar-refractivity contribution < 1.29 is 23.9 Å². The summed E-state index contributed by atoms with van der Waals surface area (Å²) in [7, 11) is 1.39. The van der Waals surface area contributed by atoms with Crippen LogP contribution in [0, 0.1) is 0 Å². The number of imide groups is 2. The molecule has 3 aliphatic rings. The molecule has 0 radical (unpaired) electrons. The fourth-order valence-corrected chi connectivity index (χ4v) is 5.41. The lowest BCUT2D eigenvalue weighted by Gasteiger charge is -2.32. The van der Waals surface area contributed by atoms with Crippen molar-refractivity contribution in [3.8, 4) is 5.75 Å². The Kier molecular flexibility index (Phi) is 5.94. The Morgan fingerprint density at radius 2 is 1.62 bits per heavy atom. The molecule has 0 N–H and O–H groups in total. The van der Waals surface area contributed by atoms with Gasteiger partial charge < -0.3 is 4.74 Å². The number of ether oxygens (including phenoxy) is 1. The molecule has 7 heteroatoms. The largest absolute Gasteiger partial charge is 0.490 e. The zero-order chi connectivity index (χ0) is 23.8. The molecule has 3 atom stereocenters. The van der Waals surface area contributed by atoms with E-state index in [0.717, 1.165) is 41.9 Å². The lowest BCUT2D eigenvalue weighted by Crippen LogP contribution is -2.54. The highest BCUT2D eigenvalue weighted by atomic mass is 16.5. The third-order valence-electron chi connectivity index (χ3n) is 7.32. The predicted molar refractivity (Wildman–Crippen MR) is 124 cm³/mol. The number of fused-ring (bicyclic) bond motifs is 1. The van der Waals surface area contributed by atoms with Gasteiger partial charge >= 0.3 is 0 Å². The molecule has 5 rings (SSSR count). The summed E-state index contributed by atoms with van der Waals surface area (Å²) in [6.45, 7) is 0. The summed E-state index contributed by atoms with van der Waals surface area (Å²) in [4.78, 5) is 53.1. The van der Waals surface area contributed by atoms with Crippen molar-refractivity contribution in [2.45, 2.75) is 63.0 Å². The Morgan fingerprint density at radius 1 is 0.824 bits per heavy atom. The van der Waals surface area contributed by atoms with Crippen LogP contribution in [-0.2, 0) is 9.59 Å². The Labute approximate surface area is 198 Å². The van der Waals surface area contributed by atoms with Crippen molar-refractivity contribution in [3.05, 3.63) is 65.2 Å². The van der Waals surface area contributed by atoms with Gasteiger partial charge in [-0.05, 0) is 62.1 Å². The van der Waals surface area contributed by atoms with E-state index in [-0.39, 0.29) is 36.0 Å². The number of carbonyl (C=O) groups is 4. The number of piperidine rings is 1. The van der Waals surface area contributed by atoms with Gasteiger partial charge in [-0.1, -0.05) is 36.4 Å². The molecule has 3 unspecified atom stereocenters. The number of carbonyl (C=O) groups excluding carboxylic acids is 4. The molecule has 1 aliphatic carbocycles. The first kappa shape index (κ1) is 22.3. The van der Waals surface area contributed by atoms with Gasteiger partial charge in [-0.3, -0.25) is 29.0 Å². The van der Waals surface area contributed by atoms with E-state index in [2.05, 4.69) is 24.3 Å². The van der Waals surface area contributed by atoms with Gasteiger partial charge in [-0.2, -0.15) is 0 Å². The minimum atomic E-state index is -0.965. The van der Waals surface area contributed by atoms with Gasteiger partial charge in [0, 0.05) is 13.5 Å². The van der Waals surface area contributed by atoms with Gasteiger partial charge in [0.1, 0.15) is 11.8 Å². The lowest BCUT2D eigenvalue weighted by molar-refractivity contribution is -0.149. The maximum absolute atomic E-state index is 13.4. The molecule has 1 saturated heterocycles. The smallest absolute Gasteiger partial charge is 0.266 e. The van der Waals surface area contributed by atoms with E-state index in [9.17, 15) is 19.2 Å². The van der Waals surface area contributed by atoms with Gasteiger partial charge in [0.2, 0.25) is 5.91 Å². The number of likely N-dealkylation sites (N-methyl/N-ethyl adjacent to an activating group) is 1. The highest BCUT2D eigenvalue weighted by Crippen LogP contribution is 2.37. The summed E-state index contributed by atoms with van der Waals surface area (Å²) < 4.78 is 6.33. The molecule has 7 nitrogen and oxygen atoms in total. The highest BCUT2D eigenvalue weighted by Gasteiger charge is 2.47. The first-order chi connectivity index (χ1) is 16.5. The molecule has 2 fully saturated rings. The number of hydrogen-bond acceptors (Lipinski definition) is 5. The van der Waals surface area contributed by atoms with Crippen molar-refractivity contribution in [1.82, 2.24) is 9.80 Å². The Morgan fingerprint density at radius 3 is 2.41 bits per heavy atom. The maximum atomic E-state index is 13.4. The van der Waals surface area contributed by atoms with E-state index >= 15 is 0 Å². The zero-order valence-corrected chi connectivity index (χ0v) is 19.2. The van der Waals surface area contributed by atoms with E-state index in [1.54, 1.807) is 18.2 Å². The maximum Gasteiger partial charge on any atom is 0.266 e. The summed E-state index contributed by atoms with van der Waals surface area (Å²) in [5.74, 6) is -0.960. The molecule has 2 aromatic rings. The summed E-state index contributed by atoms with van der Waals surface area (Å²) in [6, 6.07) is 14.6. The lowest BCUT2D eigenvalue weighted by atomic mass is 9.92. The number of amides is 4. The van der Waals surface area contributed by atoms with E-state index in [1.807, 2.05) is 6.07 Å². The van der Waals surface area contributed by atoms with Gasteiger partial charge in [0.15, 0.2) is 0 Å². The molecular weight excluding hydrogens is 432 g/mol. The second kappa shape index (κ2) is 9.05. The second-order valence-electron chi connectivity index (χ2n) is 9.36. The second-order valence-corrected chi connectivity index (χ2v) is 9.36. The van der Waals surface area contributed by atoms with Crippen LogP contribution in [0.5, 0.6) is 5.75 Å². The Balaban J connectivity index is 1.34. The number of rotatable bonds is 4. The van der Waals surface area contributed by atoms with Crippen molar-refractivity contribution in [2.24, 2.45) is 0 Å². The fourth-order valence-electron chi connectivity index (χ4n) is 5.41. The third-order valence-corrected chi connectivity index (χ3v) is 7.32. The molecule has 34 heavy (non-hydrogen) atoms. The molecule has 0 spiro atoms. The number of nitrogens with zero attached hydrogens (tertiary/aromatic N) is 2. The summed E-state index contributed by atoms with van der Waals surface area (Å²) >= 11 is 0. The summed E-state index contributed by atoms with van der Waals surface area (Å²) in [6.07, 6.45) is 5.09. The normalized spacial score (nSPS) is 25.4. The van der Waals surface area contributed by atoms with E-state index < -0.39 is 23.8 Å². The average molecular weight is 461 g/mol. The third kappa shape index (κ3) is 3.89. The predicted octanol–water partition coefficient (Wildman–Crippen LogP) is 3.93. The molecule has 1 saturated carbocycles. The van der Waals surface area contributed by atoms with Crippen LogP contribution in [0.1, 0.15) is 77.1 Å². The average Bonchev–Trinajstić information content (AvgIpc) is 2.99. The van der Waals surface area contributed by atoms with Gasteiger partial charge in [-0.25, -0.2) is 0 Å². The van der Waals surface area contributed by atoms with Crippen LogP contribution >= 0.6 is 0 Å². The Hall–Kier alpha value is -3.48. The molecule has 0 bridgehead atoms. The van der Waals surface area contributed by atoms with Crippen LogP contribution in [0.4, 0.5) is 0 Å². The van der Waals surface area contributed by atoms with Crippen LogP contribution in [0.15, 0.2) is 48.5 Å². The van der Waals surface area contributed by atoms with Crippen molar-refractivity contribution >= 4 is 23.6 Å². The molecule has 2 heterocycles. The van der Waals surface area contributed by atoms with Gasteiger partial charge in [0.05, 0.1) is 17.2 Å². The minimum absolute atomic E-state index is 0.0442. The fraction of sp³-hybridized carbons (Fsp3) is 0.407. The SMILES string of the molecule is CN1C(=O)CCC(N2C(=O)c3cccc(OC4CCCC(c5ccccc5)CC4)c3C2=O)C1=O. The van der Waals surface area contributed by atoms with E-state index in [4.69, 9.17) is 4.74 Å². The van der Waals surface area contributed by atoms with E-state index in [1.165, 1.54) is 12.6 Å². The molecule has 0 aromatic heterocycles. The standard InChI is InChI=1S/C27H28N2O5/c1-28-23(30)16-15-21(26(28)32)29-25(31)20-11-6-12-22(24(20)27(29)33)34-19-10-5-9-18(13-14-19)17-7-3-2-4-8-17/h2-4,6-8,11-12,18-19,21H,5,9-10,13-16H2,1H3. The van der Waals surface area contributed by atoms with E-state index in [0.29, 0.717) is 11.7 Å². The van der Waals surface area contributed by atoms with Crippen LogP contribution in [0.2, 0.25) is 0 Å². The monoisotopic (exact) mass is 460 g/mol. The molecule has 2 aromatic carbocycles. The number of likely N-dealkylation sites (tertiary alicyclic amines) is 1. The minimum Gasteiger partial charge on any atom is -0.490 e. The molecule has 4 amide bonds. The quantitative estimate of drug-likeness (QED) is 0.510. The van der Waals surface area contributed by atoms with Crippen LogP contribution in [0.25, 0.3) is 0 Å². The Bertz CT molecular complexity index is 1140. The van der Waals surface area contributed by atoms with Crippen LogP contribution < -0.4 is 4.74 Å². The first-order valence-corrected chi connectivity index (χ1v) is 12.0. The zero-order valence-electron chi connectivity index (χ0n) is 19.2. The molecule has 2 aliphatic heterocycles. The topological polar surface area (TPSA) is 84.0 Å². The van der Waals surface area contributed by atoms with Crippen molar-refractivity contribution in [2.75, 3.05) is 7.05 Å². The highest BCUT2D eigenvalue weighted by molar-refractivity contribution is 6.24. The molecular formula is C27H28N2O5. The summed E-state index contributed by atoms with van der Waals surface area (Å²) in [5.41, 5.74) is 1.83. The molecule has 176 valence electrons.